The number of nitrogens with zero attached hydrogens (tertiary/aromatic N) is 1. The highest BCUT2D eigenvalue weighted by Gasteiger charge is 2.35. The van der Waals surface area contributed by atoms with Crippen LogP contribution in [0.2, 0.25) is 0 Å². The van der Waals surface area contributed by atoms with E-state index in [2.05, 4.69) is 21.6 Å². The number of hydroxylamine groups is 2. The topological polar surface area (TPSA) is 95.3 Å². The monoisotopic (exact) mass is 359 g/mol. The van der Waals surface area contributed by atoms with Gasteiger partial charge in [0.2, 0.25) is 17.9 Å². The van der Waals surface area contributed by atoms with E-state index in [1.54, 1.807) is 6.07 Å². The molecule has 21 heavy (non-hydrogen) atoms. The highest BCUT2D eigenvalue weighted by molar-refractivity contribution is 9.09. The first kappa shape index (κ1) is 14.5. The first-order valence-corrected chi connectivity index (χ1v) is 7.29. The number of carbonyl (C=O) groups excluding carboxylic acids is 1. The zero-order valence-electron chi connectivity index (χ0n) is 11.0. The lowest BCUT2D eigenvalue weighted by molar-refractivity contribution is -0.376. The van der Waals surface area contributed by atoms with Crippen molar-refractivity contribution in [3.63, 3.8) is 0 Å². The largest absolute Gasteiger partial charge is 0.370 e. The van der Waals surface area contributed by atoms with Gasteiger partial charge in [0.1, 0.15) is 0 Å². The number of benzene rings is 1. The number of carbonyl (C=O) groups is 1. The number of nitrogens with two attached hydrogens (primary N) is 1. The molecule has 1 amide bonds. The predicted molar refractivity (Wildman–Crippen MR) is 73.6 cm³/mol. The lowest BCUT2D eigenvalue weighted by atomic mass is 10.1. The predicted octanol–water partition coefficient (Wildman–Crippen LogP) is 1.08. The molecule has 8 nitrogen and oxygen atoms in total. The van der Waals surface area contributed by atoms with E-state index in [0.717, 1.165) is 5.56 Å². The number of hydrogen-bond donors (Lipinski definition) is 2. The van der Waals surface area contributed by atoms with E-state index >= 15 is 0 Å². The van der Waals surface area contributed by atoms with Crippen LogP contribution in [0.1, 0.15) is 23.2 Å². The SMILES string of the molecule is NC(=O)CC(Br)c1cccc2c1ON(C1CCONO1)O2. The Morgan fingerprint density at radius 3 is 3.10 bits per heavy atom. The molecule has 0 radical (unpaired) electrons. The third kappa shape index (κ3) is 3.11. The van der Waals surface area contributed by atoms with Crippen LogP contribution in [-0.4, -0.2) is 24.0 Å². The van der Waals surface area contributed by atoms with Crippen molar-refractivity contribution in [1.82, 2.24) is 10.9 Å². The zero-order chi connectivity index (χ0) is 14.8. The fourth-order valence-electron chi connectivity index (χ4n) is 2.06. The molecule has 1 aromatic carbocycles. The van der Waals surface area contributed by atoms with E-state index < -0.39 is 12.1 Å². The Balaban J connectivity index is 1.77. The summed E-state index contributed by atoms with van der Waals surface area (Å²) in [5.41, 5.74) is 8.34. The van der Waals surface area contributed by atoms with Gasteiger partial charge in [0.05, 0.1) is 16.7 Å². The van der Waals surface area contributed by atoms with Crippen molar-refractivity contribution < 1.29 is 24.1 Å². The van der Waals surface area contributed by atoms with E-state index in [0.29, 0.717) is 24.5 Å². The number of hydrogen-bond acceptors (Lipinski definition) is 7. The highest BCUT2D eigenvalue weighted by Crippen LogP contribution is 2.44. The standard InChI is InChI=1S/C12H14BrN3O5/c13-8(6-10(14)17)7-2-1-3-9-12(7)21-16(20-9)11-4-5-18-15-19-11/h1-3,8,11,15H,4-6H2,(H2,14,17). The van der Waals surface area contributed by atoms with Crippen molar-refractivity contribution >= 4 is 21.8 Å². The lowest BCUT2D eigenvalue weighted by Gasteiger charge is -2.26. The smallest absolute Gasteiger partial charge is 0.218 e. The summed E-state index contributed by atoms with van der Waals surface area (Å²) in [5.74, 6) is 0.689. The van der Waals surface area contributed by atoms with Crippen LogP contribution in [0.4, 0.5) is 0 Å². The number of primary amides is 1. The van der Waals surface area contributed by atoms with Crippen LogP contribution in [0.5, 0.6) is 11.5 Å². The molecule has 0 aliphatic carbocycles. The molecular weight excluding hydrogens is 346 g/mol. The molecule has 1 saturated heterocycles. The minimum atomic E-state index is -0.441. The van der Waals surface area contributed by atoms with Crippen LogP contribution < -0.4 is 21.1 Å². The van der Waals surface area contributed by atoms with Crippen molar-refractivity contribution in [3.05, 3.63) is 23.8 Å². The normalized spacial score (nSPS) is 23.0. The Kier molecular flexibility index (Phi) is 4.27. The summed E-state index contributed by atoms with van der Waals surface area (Å²) >= 11 is 3.44. The summed E-state index contributed by atoms with van der Waals surface area (Å²) in [7, 11) is 0. The first-order chi connectivity index (χ1) is 10.1. The fraction of sp³-hybridized carbons (Fsp3) is 0.417. The minimum Gasteiger partial charge on any atom is -0.370 e. The van der Waals surface area contributed by atoms with Gasteiger partial charge in [-0.05, 0) is 6.07 Å². The first-order valence-electron chi connectivity index (χ1n) is 6.38. The molecule has 3 N–H and O–H groups in total. The maximum Gasteiger partial charge on any atom is 0.218 e. The number of halogens is 1. The number of alkyl halides is 1. The number of amides is 1. The average molecular weight is 360 g/mol. The Morgan fingerprint density at radius 1 is 1.52 bits per heavy atom. The second-order valence-corrected chi connectivity index (χ2v) is 5.68. The number of fused-ring (bicyclic) bond motifs is 1. The van der Waals surface area contributed by atoms with Gasteiger partial charge in [-0.2, -0.15) is 0 Å². The molecule has 114 valence electrons. The Bertz CT molecular complexity index is 538. The van der Waals surface area contributed by atoms with Gasteiger partial charge in [0, 0.05) is 18.4 Å². The molecule has 2 heterocycles. The molecule has 9 heteroatoms. The molecule has 2 unspecified atom stereocenters. The molecule has 2 aliphatic heterocycles. The van der Waals surface area contributed by atoms with Crippen LogP contribution >= 0.6 is 15.9 Å². The van der Waals surface area contributed by atoms with E-state index in [1.165, 1.54) is 5.23 Å². The molecule has 3 rings (SSSR count). The van der Waals surface area contributed by atoms with E-state index in [1.807, 2.05) is 12.1 Å². The molecule has 2 atom stereocenters. The molecule has 1 fully saturated rings. The van der Waals surface area contributed by atoms with Gasteiger partial charge in [0.15, 0.2) is 5.75 Å². The van der Waals surface area contributed by atoms with E-state index in [-0.39, 0.29) is 11.2 Å². The summed E-state index contributed by atoms with van der Waals surface area (Å²) in [6.07, 6.45) is 0.300. The summed E-state index contributed by atoms with van der Waals surface area (Å²) in [5, 5.41) is 1.26. The fourth-order valence-corrected chi connectivity index (χ4v) is 2.74. The van der Waals surface area contributed by atoms with Crippen molar-refractivity contribution in [2.75, 3.05) is 6.61 Å². The number of nitrogens with one attached hydrogen (secondary N) is 1. The molecular formula is C12H14BrN3O5. The average Bonchev–Trinajstić information content (AvgIpc) is 2.91. The lowest BCUT2D eigenvalue weighted by Crippen LogP contribution is -2.46. The highest BCUT2D eigenvalue weighted by atomic mass is 79.9. The third-order valence-corrected chi connectivity index (χ3v) is 3.86. The van der Waals surface area contributed by atoms with Gasteiger partial charge < -0.3 is 15.4 Å². The van der Waals surface area contributed by atoms with Gasteiger partial charge in [-0.1, -0.05) is 33.7 Å². The molecule has 2 aliphatic rings. The van der Waals surface area contributed by atoms with Gasteiger partial charge >= 0.3 is 0 Å². The van der Waals surface area contributed by atoms with Crippen molar-refractivity contribution in [3.8, 4) is 11.5 Å². The van der Waals surface area contributed by atoms with Gasteiger partial charge in [0.25, 0.3) is 0 Å². The number of rotatable bonds is 4. The van der Waals surface area contributed by atoms with Gasteiger partial charge in [-0.25, -0.2) is 0 Å². The summed E-state index contributed by atoms with van der Waals surface area (Å²) in [6, 6.07) is 5.44. The zero-order valence-corrected chi connectivity index (χ0v) is 12.5. The summed E-state index contributed by atoms with van der Waals surface area (Å²) in [6.45, 7) is 0.472. The molecule has 0 bridgehead atoms. The minimum absolute atomic E-state index is 0.162. The molecule has 0 spiro atoms. The van der Waals surface area contributed by atoms with Gasteiger partial charge in [-0.3, -0.25) is 14.5 Å². The van der Waals surface area contributed by atoms with Crippen LogP contribution in [0, 0.1) is 0 Å². The Hall–Kier alpha value is -1.39. The number of para-hydroxylation sites is 1. The van der Waals surface area contributed by atoms with E-state index in [9.17, 15) is 4.79 Å². The van der Waals surface area contributed by atoms with Crippen LogP contribution in [0.25, 0.3) is 0 Å². The summed E-state index contributed by atoms with van der Waals surface area (Å²) in [4.78, 5) is 32.1. The van der Waals surface area contributed by atoms with Crippen molar-refractivity contribution in [2.45, 2.75) is 23.9 Å². The Morgan fingerprint density at radius 2 is 2.38 bits per heavy atom. The molecule has 1 aromatic rings. The van der Waals surface area contributed by atoms with E-state index in [4.69, 9.17) is 25.1 Å². The quantitative estimate of drug-likeness (QED) is 0.776. The Labute approximate surface area is 129 Å². The second kappa shape index (κ2) is 6.16. The molecule has 0 aromatic heterocycles. The molecule has 0 saturated carbocycles. The third-order valence-electron chi connectivity index (χ3n) is 3.04. The summed E-state index contributed by atoms with van der Waals surface area (Å²) < 4.78 is 0. The van der Waals surface area contributed by atoms with Crippen molar-refractivity contribution in [2.24, 2.45) is 5.73 Å². The van der Waals surface area contributed by atoms with Crippen molar-refractivity contribution in [1.29, 1.82) is 0 Å². The second-order valence-electron chi connectivity index (χ2n) is 4.57. The van der Waals surface area contributed by atoms with Crippen LogP contribution in [0.15, 0.2) is 18.2 Å². The maximum atomic E-state index is 11.1. The van der Waals surface area contributed by atoms with Crippen LogP contribution in [0.3, 0.4) is 0 Å². The van der Waals surface area contributed by atoms with Gasteiger partial charge in [-0.15, -0.1) is 0 Å². The van der Waals surface area contributed by atoms with Crippen LogP contribution in [-0.2, 0) is 14.5 Å². The maximum absolute atomic E-state index is 11.1.